The lowest BCUT2D eigenvalue weighted by Crippen LogP contribution is -2.40. The van der Waals surface area contributed by atoms with Gasteiger partial charge >= 0.3 is 0 Å². The Balaban J connectivity index is 3.39. The molecule has 5 nitrogen and oxygen atoms in total. The van der Waals surface area contributed by atoms with E-state index in [0.29, 0.717) is 4.90 Å². The van der Waals surface area contributed by atoms with Gasteiger partial charge in [0, 0.05) is 20.6 Å². The maximum Gasteiger partial charge on any atom is 0.244 e. The van der Waals surface area contributed by atoms with Crippen molar-refractivity contribution in [3.05, 3.63) is 28.8 Å². The number of likely N-dealkylation sites (N-methyl/N-ethyl adjacent to an activating group) is 2. The molecule has 1 aromatic carbocycles. The lowest BCUT2D eigenvalue weighted by atomic mass is 9.85. The molecule has 0 heterocycles. The van der Waals surface area contributed by atoms with Crippen LogP contribution in [0.4, 0.5) is 0 Å². The number of benzene rings is 1. The van der Waals surface area contributed by atoms with Crippen LogP contribution in [0, 0.1) is 13.8 Å². The van der Waals surface area contributed by atoms with Crippen LogP contribution in [0.3, 0.4) is 0 Å². The van der Waals surface area contributed by atoms with Crippen molar-refractivity contribution >= 4 is 15.9 Å². The molecule has 0 N–H and O–H groups in total. The Hall–Kier alpha value is -1.40. The second-order valence-electron chi connectivity index (χ2n) is 7.41. The number of nitrogens with zero attached hydrogens (tertiary/aromatic N) is 2. The van der Waals surface area contributed by atoms with Crippen molar-refractivity contribution < 1.29 is 13.2 Å². The maximum atomic E-state index is 13.1. The molecule has 0 atom stereocenters. The summed E-state index contributed by atoms with van der Waals surface area (Å²) in [6.45, 7) is 11.8. The third kappa shape index (κ3) is 4.36. The third-order valence-corrected chi connectivity index (χ3v) is 6.31. The molecule has 136 valence electrons. The monoisotopic (exact) mass is 354 g/mol. The quantitative estimate of drug-likeness (QED) is 0.817. The molecule has 0 saturated carbocycles. The van der Waals surface area contributed by atoms with E-state index < -0.39 is 10.0 Å². The van der Waals surface area contributed by atoms with E-state index in [4.69, 9.17) is 0 Å². The molecule has 0 aliphatic rings. The first-order valence-electron chi connectivity index (χ1n) is 8.14. The van der Waals surface area contributed by atoms with Gasteiger partial charge in [-0.15, -0.1) is 0 Å². The SMILES string of the molecule is CCN(CC(=O)N(C)C)S(=O)(=O)c1c(C)cc(C(C)(C)C)cc1C. The van der Waals surface area contributed by atoms with Gasteiger partial charge in [-0.25, -0.2) is 8.42 Å². The lowest BCUT2D eigenvalue weighted by Gasteiger charge is -2.26. The van der Waals surface area contributed by atoms with Gasteiger partial charge in [-0.05, 0) is 36.0 Å². The molecule has 0 radical (unpaired) electrons. The molecule has 1 rings (SSSR count). The summed E-state index contributed by atoms with van der Waals surface area (Å²) >= 11 is 0. The van der Waals surface area contributed by atoms with Crippen LogP contribution in [0.25, 0.3) is 0 Å². The number of sulfonamides is 1. The van der Waals surface area contributed by atoms with E-state index in [1.165, 1.54) is 9.21 Å². The predicted octanol–water partition coefficient (Wildman–Crippen LogP) is 2.70. The van der Waals surface area contributed by atoms with Crippen LogP contribution in [0.1, 0.15) is 44.4 Å². The van der Waals surface area contributed by atoms with Gasteiger partial charge in [-0.1, -0.05) is 39.8 Å². The summed E-state index contributed by atoms with van der Waals surface area (Å²) in [6.07, 6.45) is 0. The number of amides is 1. The molecule has 0 saturated heterocycles. The van der Waals surface area contributed by atoms with Crippen LogP contribution in [0.2, 0.25) is 0 Å². The highest BCUT2D eigenvalue weighted by atomic mass is 32.2. The van der Waals surface area contributed by atoms with Crippen molar-refractivity contribution in [2.75, 3.05) is 27.2 Å². The second-order valence-corrected chi connectivity index (χ2v) is 9.28. The molecule has 6 heteroatoms. The van der Waals surface area contributed by atoms with Crippen molar-refractivity contribution in [3.8, 4) is 0 Å². The summed E-state index contributed by atoms with van der Waals surface area (Å²) in [7, 11) is -0.473. The van der Waals surface area contributed by atoms with Gasteiger partial charge in [0.25, 0.3) is 0 Å². The Kier molecular flexibility index (Phi) is 6.22. The normalized spacial score (nSPS) is 12.5. The molecule has 0 bridgehead atoms. The highest BCUT2D eigenvalue weighted by Gasteiger charge is 2.30. The minimum atomic E-state index is -3.72. The molecule has 0 aromatic heterocycles. The van der Waals surface area contributed by atoms with E-state index in [1.807, 2.05) is 26.0 Å². The fraction of sp³-hybridized carbons (Fsp3) is 0.611. The van der Waals surface area contributed by atoms with Gasteiger partial charge in [0.05, 0.1) is 11.4 Å². The highest BCUT2D eigenvalue weighted by Crippen LogP contribution is 2.30. The first-order chi connectivity index (χ1) is 10.8. The summed E-state index contributed by atoms with van der Waals surface area (Å²) < 4.78 is 27.4. The van der Waals surface area contributed by atoms with Crippen molar-refractivity contribution in [2.45, 2.75) is 51.9 Å². The average Bonchev–Trinajstić information content (AvgIpc) is 2.41. The van der Waals surface area contributed by atoms with Crippen LogP contribution < -0.4 is 0 Å². The number of hydrogen-bond donors (Lipinski definition) is 0. The first kappa shape index (κ1) is 20.6. The van der Waals surface area contributed by atoms with Crippen molar-refractivity contribution in [1.82, 2.24) is 9.21 Å². The van der Waals surface area contributed by atoms with Crippen LogP contribution >= 0.6 is 0 Å². The van der Waals surface area contributed by atoms with E-state index in [9.17, 15) is 13.2 Å². The summed E-state index contributed by atoms with van der Waals surface area (Å²) in [6, 6.07) is 3.86. The van der Waals surface area contributed by atoms with E-state index in [1.54, 1.807) is 21.0 Å². The minimum Gasteiger partial charge on any atom is -0.348 e. The van der Waals surface area contributed by atoms with E-state index in [-0.39, 0.29) is 24.4 Å². The summed E-state index contributed by atoms with van der Waals surface area (Å²) in [5.41, 5.74) is 2.48. The number of hydrogen-bond acceptors (Lipinski definition) is 3. The average molecular weight is 355 g/mol. The fourth-order valence-corrected chi connectivity index (χ4v) is 4.39. The van der Waals surface area contributed by atoms with E-state index >= 15 is 0 Å². The van der Waals surface area contributed by atoms with E-state index in [0.717, 1.165) is 16.7 Å². The standard InChI is InChI=1S/C18H30N2O3S/c1-9-20(12-16(21)19(7)8)24(22,23)17-13(2)10-15(11-14(17)3)18(4,5)6/h10-11H,9,12H2,1-8H3. The Morgan fingerprint density at radius 3 is 1.88 bits per heavy atom. The van der Waals surface area contributed by atoms with Gasteiger partial charge in [-0.3, -0.25) is 4.79 Å². The topological polar surface area (TPSA) is 57.7 Å². The van der Waals surface area contributed by atoms with Gasteiger partial charge in [0.2, 0.25) is 15.9 Å². The minimum absolute atomic E-state index is 0.0524. The van der Waals surface area contributed by atoms with Gasteiger partial charge in [-0.2, -0.15) is 4.31 Å². The number of aryl methyl sites for hydroxylation is 2. The number of rotatable bonds is 5. The van der Waals surface area contributed by atoms with Crippen molar-refractivity contribution in [2.24, 2.45) is 0 Å². The predicted molar refractivity (Wildman–Crippen MR) is 97.7 cm³/mol. The van der Waals surface area contributed by atoms with Gasteiger partial charge in [0.15, 0.2) is 0 Å². The fourth-order valence-electron chi connectivity index (χ4n) is 2.58. The van der Waals surface area contributed by atoms with Crippen molar-refractivity contribution in [1.29, 1.82) is 0 Å². The number of carbonyl (C=O) groups excluding carboxylic acids is 1. The molecule has 0 spiro atoms. The molecule has 1 aromatic rings. The van der Waals surface area contributed by atoms with Crippen LogP contribution in [-0.2, 0) is 20.2 Å². The van der Waals surface area contributed by atoms with E-state index in [2.05, 4.69) is 20.8 Å². The molecule has 0 fully saturated rings. The van der Waals surface area contributed by atoms with Crippen molar-refractivity contribution in [3.63, 3.8) is 0 Å². The smallest absolute Gasteiger partial charge is 0.244 e. The first-order valence-corrected chi connectivity index (χ1v) is 9.58. The molecule has 24 heavy (non-hydrogen) atoms. The zero-order valence-electron chi connectivity index (χ0n) is 16.1. The highest BCUT2D eigenvalue weighted by molar-refractivity contribution is 7.89. The molecule has 1 amide bonds. The van der Waals surface area contributed by atoms with Crippen LogP contribution in [0.15, 0.2) is 17.0 Å². The van der Waals surface area contributed by atoms with Crippen LogP contribution in [-0.4, -0.2) is 50.7 Å². The summed E-state index contributed by atoms with van der Waals surface area (Å²) in [5, 5.41) is 0. The Morgan fingerprint density at radius 2 is 1.54 bits per heavy atom. The van der Waals surface area contributed by atoms with Gasteiger partial charge < -0.3 is 4.90 Å². The zero-order chi connectivity index (χ0) is 18.9. The maximum absolute atomic E-state index is 13.1. The number of carbonyl (C=O) groups is 1. The lowest BCUT2D eigenvalue weighted by molar-refractivity contribution is -0.128. The second kappa shape index (κ2) is 7.23. The molecule has 0 unspecified atom stereocenters. The van der Waals surface area contributed by atoms with Gasteiger partial charge in [0.1, 0.15) is 0 Å². The molecular formula is C18H30N2O3S. The Labute approximate surface area is 146 Å². The molecule has 0 aliphatic carbocycles. The molecular weight excluding hydrogens is 324 g/mol. The summed E-state index contributed by atoms with van der Waals surface area (Å²) in [5.74, 6) is -0.234. The summed E-state index contributed by atoms with van der Waals surface area (Å²) in [4.78, 5) is 13.7. The van der Waals surface area contributed by atoms with Crippen LogP contribution in [0.5, 0.6) is 0 Å². The largest absolute Gasteiger partial charge is 0.348 e. The zero-order valence-corrected chi connectivity index (χ0v) is 16.9. The Morgan fingerprint density at radius 1 is 1.08 bits per heavy atom. The third-order valence-electron chi connectivity index (χ3n) is 4.09. The Bertz CT molecular complexity index is 693. The molecule has 0 aliphatic heterocycles.